The molecule has 1 aliphatic heterocycles. The molecule has 0 saturated heterocycles. The second-order valence-corrected chi connectivity index (χ2v) is 7.64. The monoisotopic (exact) mass is 442 g/mol. The van der Waals surface area contributed by atoms with Gasteiger partial charge in [0.15, 0.2) is 0 Å². The van der Waals surface area contributed by atoms with Gasteiger partial charge in [0.05, 0.1) is 17.8 Å². The number of anilines is 2. The second-order valence-electron chi connectivity index (χ2n) is 6.29. The molecule has 1 aliphatic rings. The minimum atomic E-state index is -0.100. The molecule has 2 heterocycles. The molecular weight excluding hydrogens is 428 g/mol. The number of benzene rings is 2. The predicted octanol–water partition coefficient (Wildman–Crippen LogP) is 4.71. The summed E-state index contributed by atoms with van der Waals surface area (Å²) in [4.78, 5) is 21.2. The van der Waals surface area contributed by atoms with Crippen molar-refractivity contribution in [1.82, 2.24) is 9.97 Å². The van der Waals surface area contributed by atoms with Crippen LogP contribution in [0.4, 0.5) is 11.6 Å². The second kappa shape index (κ2) is 7.66. The summed E-state index contributed by atoms with van der Waals surface area (Å²) in [6.07, 6.45) is 2.81. The van der Waals surface area contributed by atoms with E-state index in [-0.39, 0.29) is 12.3 Å². The Morgan fingerprint density at radius 1 is 1.19 bits per heavy atom. The fourth-order valence-corrected chi connectivity index (χ4v) is 3.45. The van der Waals surface area contributed by atoms with Crippen LogP contribution in [0.15, 0.2) is 53.1 Å². The summed E-state index contributed by atoms with van der Waals surface area (Å²) in [5.41, 5.74) is 4.30. The van der Waals surface area contributed by atoms with E-state index in [1.54, 1.807) is 18.3 Å². The third kappa shape index (κ3) is 4.12. The van der Waals surface area contributed by atoms with Crippen molar-refractivity contribution in [3.8, 4) is 11.3 Å². The number of aromatic nitrogens is 2. The van der Waals surface area contributed by atoms with Gasteiger partial charge >= 0.3 is 0 Å². The highest BCUT2D eigenvalue weighted by Crippen LogP contribution is 2.34. The zero-order valence-corrected chi connectivity index (χ0v) is 16.6. The first-order valence-corrected chi connectivity index (χ1v) is 9.69. The molecule has 5 nitrogen and oxygen atoms in total. The first-order valence-electron chi connectivity index (χ1n) is 8.52. The predicted molar refractivity (Wildman–Crippen MR) is 111 cm³/mol. The third-order valence-corrected chi connectivity index (χ3v) is 5.10. The number of fused-ring (bicyclic) bond motifs is 3. The van der Waals surface area contributed by atoms with Crippen LogP contribution in [0, 0.1) is 0 Å². The molecule has 1 amide bonds. The van der Waals surface area contributed by atoms with E-state index in [9.17, 15) is 4.79 Å². The Kier molecular flexibility index (Phi) is 5.09. The van der Waals surface area contributed by atoms with Gasteiger partial charge in [0, 0.05) is 33.4 Å². The molecule has 0 saturated carbocycles. The van der Waals surface area contributed by atoms with Crippen LogP contribution in [0.1, 0.15) is 11.1 Å². The van der Waals surface area contributed by atoms with E-state index in [0.29, 0.717) is 23.2 Å². The first kappa shape index (κ1) is 17.9. The summed E-state index contributed by atoms with van der Waals surface area (Å²) >= 11 is 9.51. The van der Waals surface area contributed by atoms with E-state index in [2.05, 4.69) is 48.7 Å². The average molecular weight is 444 g/mol. The van der Waals surface area contributed by atoms with Crippen molar-refractivity contribution in [1.29, 1.82) is 0 Å². The van der Waals surface area contributed by atoms with Gasteiger partial charge in [-0.25, -0.2) is 9.97 Å². The number of amides is 1. The van der Waals surface area contributed by atoms with Crippen LogP contribution in [0.25, 0.3) is 11.3 Å². The quantitative estimate of drug-likeness (QED) is 0.613. The molecule has 0 spiro atoms. The van der Waals surface area contributed by atoms with Gasteiger partial charge in [-0.3, -0.25) is 4.79 Å². The van der Waals surface area contributed by atoms with Crippen LogP contribution < -0.4 is 10.6 Å². The van der Waals surface area contributed by atoms with Gasteiger partial charge in [-0.15, -0.1) is 0 Å². The number of rotatable bonds is 4. The van der Waals surface area contributed by atoms with Crippen molar-refractivity contribution in [3.05, 3.63) is 69.3 Å². The maximum Gasteiger partial charge on any atom is 0.228 e. The minimum Gasteiger partial charge on any atom is -0.354 e. The number of nitrogens with one attached hydrogen (secondary N) is 2. The summed E-state index contributed by atoms with van der Waals surface area (Å²) in [6, 6.07) is 13.6. The van der Waals surface area contributed by atoms with E-state index in [0.717, 1.165) is 27.7 Å². The van der Waals surface area contributed by atoms with E-state index in [1.165, 1.54) is 5.56 Å². The Balaban J connectivity index is 1.56. The summed E-state index contributed by atoms with van der Waals surface area (Å²) in [5, 5.41) is 6.72. The van der Waals surface area contributed by atoms with Crippen LogP contribution in [-0.2, 0) is 17.6 Å². The Bertz CT molecular complexity index is 1010. The molecule has 136 valence electrons. The normalized spacial score (nSPS) is 12.6. The number of hydrogen-bond acceptors (Lipinski definition) is 4. The molecule has 0 fully saturated rings. The van der Waals surface area contributed by atoms with Crippen molar-refractivity contribution in [2.24, 2.45) is 0 Å². The fraction of sp³-hybridized carbons (Fsp3) is 0.150. The molecular formula is C20H16BrClN4O. The molecule has 3 aromatic rings. The summed E-state index contributed by atoms with van der Waals surface area (Å²) in [6.45, 7) is 0.713. The Labute approximate surface area is 170 Å². The van der Waals surface area contributed by atoms with E-state index in [4.69, 9.17) is 11.6 Å². The summed E-state index contributed by atoms with van der Waals surface area (Å²) in [7, 11) is 0. The molecule has 2 aromatic carbocycles. The molecule has 0 radical (unpaired) electrons. The number of nitrogens with zero attached hydrogens (tertiary/aromatic N) is 2. The van der Waals surface area contributed by atoms with Gasteiger partial charge in [0.1, 0.15) is 0 Å². The van der Waals surface area contributed by atoms with E-state index in [1.807, 2.05) is 18.2 Å². The van der Waals surface area contributed by atoms with E-state index >= 15 is 0 Å². The molecule has 0 atom stereocenters. The lowest BCUT2D eigenvalue weighted by atomic mass is 10.1. The topological polar surface area (TPSA) is 66.9 Å². The van der Waals surface area contributed by atoms with Crippen molar-refractivity contribution in [2.75, 3.05) is 17.2 Å². The Morgan fingerprint density at radius 2 is 2.00 bits per heavy atom. The van der Waals surface area contributed by atoms with Crippen molar-refractivity contribution in [2.45, 2.75) is 12.8 Å². The highest BCUT2D eigenvalue weighted by Gasteiger charge is 2.21. The molecule has 2 N–H and O–H groups in total. The lowest BCUT2D eigenvalue weighted by molar-refractivity contribution is -0.115. The molecule has 7 heteroatoms. The zero-order chi connectivity index (χ0) is 18.8. The van der Waals surface area contributed by atoms with Gasteiger partial charge in [-0.1, -0.05) is 39.7 Å². The Hall–Kier alpha value is -2.44. The molecule has 0 unspecified atom stereocenters. The van der Waals surface area contributed by atoms with Crippen molar-refractivity contribution >= 4 is 45.1 Å². The minimum absolute atomic E-state index is 0.100. The van der Waals surface area contributed by atoms with Crippen LogP contribution in [0.5, 0.6) is 0 Å². The summed E-state index contributed by atoms with van der Waals surface area (Å²) in [5.74, 6) is 0.443. The van der Waals surface area contributed by atoms with Crippen LogP contribution >= 0.6 is 27.5 Å². The maximum absolute atomic E-state index is 12.1. The van der Waals surface area contributed by atoms with Crippen molar-refractivity contribution < 1.29 is 4.79 Å². The highest BCUT2D eigenvalue weighted by atomic mass is 79.9. The average Bonchev–Trinajstić information content (AvgIpc) is 2.78. The van der Waals surface area contributed by atoms with Crippen LogP contribution in [-0.4, -0.2) is 22.4 Å². The highest BCUT2D eigenvalue weighted by molar-refractivity contribution is 9.10. The number of halogens is 2. The van der Waals surface area contributed by atoms with Gasteiger partial charge < -0.3 is 10.6 Å². The fourth-order valence-electron chi connectivity index (χ4n) is 3.02. The van der Waals surface area contributed by atoms with Crippen LogP contribution in [0.2, 0.25) is 5.02 Å². The summed E-state index contributed by atoms with van der Waals surface area (Å²) < 4.78 is 1.07. The third-order valence-electron chi connectivity index (χ3n) is 4.34. The lowest BCUT2D eigenvalue weighted by Gasteiger charge is -2.11. The number of hydrogen-bond donors (Lipinski definition) is 2. The van der Waals surface area contributed by atoms with Gasteiger partial charge in [-0.05, 0) is 42.3 Å². The molecule has 0 aliphatic carbocycles. The molecule has 0 bridgehead atoms. The van der Waals surface area contributed by atoms with Gasteiger partial charge in [-0.2, -0.15) is 0 Å². The molecule has 4 rings (SSSR count). The SMILES string of the molecule is O=C1Cc2cnc(NCCc3ccc(Br)cc3)nc2-c2ccc(Cl)cc2N1. The van der Waals surface area contributed by atoms with Crippen molar-refractivity contribution in [3.63, 3.8) is 0 Å². The van der Waals surface area contributed by atoms with Gasteiger partial charge in [0.25, 0.3) is 0 Å². The number of carbonyl (C=O) groups excluding carboxylic acids is 1. The van der Waals surface area contributed by atoms with E-state index < -0.39 is 0 Å². The van der Waals surface area contributed by atoms with Gasteiger partial charge in [0.2, 0.25) is 11.9 Å². The lowest BCUT2D eigenvalue weighted by Crippen LogP contribution is -2.13. The number of carbonyl (C=O) groups is 1. The molecule has 1 aromatic heterocycles. The largest absolute Gasteiger partial charge is 0.354 e. The standard InChI is InChI=1S/C20H16BrClN4O/c21-14-3-1-12(2-4-14)7-8-23-20-24-11-13-9-18(27)25-17-10-15(22)5-6-16(17)19(13)26-20/h1-6,10-11H,7-9H2,(H,25,27)(H,23,24,26). The van der Waals surface area contributed by atoms with Crippen LogP contribution in [0.3, 0.4) is 0 Å². The smallest absolute Gasteiger partial charge is 0.228 e. The first-order chi connectivity index (χ1) is 13.1. The maximum atomic E-state index is 12.1. The zero-order valence-electron chi connectivity index (χ0n) is 14.3. The Morgan fingerprint density at radius 3 is 2.81 bits per heavy atom. The molecule has 27 heavy (non-hydrogen) atoms.